The van der Waals surface area contributed by atoms with Crippen molar-refractivity contribution < 1.29 is 17.9 Å². The van der Waals surface area contributed by atoms with Crippen LogP contribution in [-0.4, -0.2) is 26.7 Å². The van der Waals surface area contributed by atoms with Gasteiger partial charge in [0.15, 0.2) is 0 Å². The van der Waals surface area contributed by atoms with Crippen molar-refractivity contribution in [2.45, 2.75) is 45.1 Å². The molecule has 21 heavy (non-hydrogen) atoms. The van der Waals surface area contributed by atoms with Gasteiger partial charge < -0.3 is 4.74 Å². The van der Waals surface area contributed by atoms with Crippen LogP contribution in [0.3, 0.4) is 0 Å². The third-order valence-electron chi connectivity index (χ3n) is 4.05. The predicted octanol–water partition coefficient (Wildman–Crippen LogP) is 5.38. The van der Waals surface area contributed by atoms with E-state index in [1.54, 1.807) is 25.2 Å². The molecule has 2 nitrogen and oxygen atoms in total. The monoisotopic (exact) mass is 317 g/mol. The Hall–Kier alpha value is -1.30. The third-order valence-corrected chi connectivity index (χ3v) is 9.38. The van der Waals surface area contributed by atoms with Gasteiger partial charge >= 0.3 is 6.18 Å². The van der Waals surface area contributed by atoms with Crippen molar-refractivity contribution in [3.63, 3.8) is 0 Å². The first-order chi connectivity index (χ1) is 9.39. The van der Waals surface area contributed by atoms with Gasteiger partial charge in [-0.15, -0.1) is 0 Å². The minimum Gasteiger partial charge on any atom is -0.497 e. The maximum atomic E-state index is 13.5. The highest BCUT2D eigenvalue weighted by Gasteiger charge is 2.51. The molecular weight excluding hydrogens is 295 g/mol. The van der Waals surface area contributed by atoms with Crippen molar-refractivity contribution in [2.75, 3.05) is 7.11 Å². The van der Waals surface area contributed by atoms with Gasteiger partial charge in [-0.3, -0.25) is 4.99 Å². The Labute approximate surface area is 125 Å². The van der Waals surface area contributed by atoms with E-state index in [2.05, 4.69) is 4.99 Å². The van der Waals surface area contributed by atoms with Gasteiger partial charge in [-0.2, -0.15) is 13.2 Å². The summed E-state index contributed by atoms with van der Waals surface area (Å²) in [7, 11) is -1.27. The molecule has 0 spiro atoms. The lowest BCUT2D eigenvalue weighted by Gasteiger charge is -2.38. The van der Waals surface area contributed by atoms with Crippen LogP contribution in [0.15, 0.2) is 29.3 Å². The Bertz CT molecular complexity index is 513. The molecule has 1 aromatic rings. The first-order valence-corrected chi connectivity index (χ1v) is 9.70. The first kappa shape index (κ1) is 17.7. The van der Waals surface area contributed by atoms with Crippen LogP contribution in [-0.2, 0) is 0 Å². The van der Waals surface area contributed by atoms with Gasteiger partial charge in [-0.05, 0) is 29.3 Å². The summed E-state index contributed by atoms with van der Waals surface area (Å²) >= 11 is 0. The summed E-state index contributed by atoms with van der Waals surface area (Å²) in [6.07, 6.45) is -4.41. The molecule has 0 saturated heterocycles. The number of rotatable bonds is 3. The maximum absolute atomic E-state index is 13.5. The molecule has 118 valence electrons. The SMILES string of the molecule is COc1ccc(N=C(C(F)(F)F)[Si](C)(C)C(C)(C)C)cc1. The summed E-state index contributed by atoms with van der Waals surface area (Å²) < 4.78 is 45.4. The molecule has 0 bridgehead atoms. The van der Waals surface area contributed by atoms with E-state index in [0.717, 1.165) is 0 Å². The summed E-state index contributed by atoms with van der Waals surface area (Å²) in [5.41, 5.74) is 0.299. The summed E-state index contributed by atoms with van der Waals surface area (Å²) in [5, 5.41) is -1.07. The number of methoxy groups -OCH3 is 1. The van der Waals surface area contributed by atoms with E-state index in [-0.39, 0.29) is 0 Å². The van der Waals surface area contributed by atoms with E-state index in [1.807, 2.05) is 20.8 Å². The number of aliphatic imine (C=N–C) groups is 1. The van der Waals surface area contributed by atoms with Crippen molar-refractivity contribution in [1.29, 1.82) is 0 Å². The highest BCUT2D eigenvalue weighted by atomic mass is 28.3. The van der Waals surface area contributed by atoms with Gasteiger partial charge in [-0.25, -0.2) is 0 Å². The lowest BCUT2D eigenvalue weighted by Crippen LogP contribution is -2.52. The van der Waals surface area contributed by atoms with Crippen LogP contribution in [0.2, 0.25) is 18.1 Å². The number of halogens is 3. The molecule has 0 fully saturated rings. The molecule has 0 atom stereocenters. The van der Waals surface area contributed by atoms with Gasteiger partial charge in [0.25, 0.3) is 0 Å². The minimum atomic E-state index is -4.41. The second kappa shape index (κ2) is 5.83. The number of alkyl halides is 3. The number of nitrogens with zero attached hydrogens (tertiary/aromatic N) is 1. The number of hydrogen-bond acceptors (Lipinski definition) is 2. The van der Waals surface area contributed by atoms with Crippen LogP contribution in [0.5, 0.6) is 5.75 Å². The molecule has 0 aliphatic heterocycles. The first-order valence-electron chi connectivity index (χ1n) is 6.70. The third kappa shape index (κ3) is 4.09. The van der Waals surface area contributed by atoms with Gasteiger partial charge in [0.1, 0.15) is 19.2 Å². The molecule has 6 heteroatoms. The second-order valence-corrected chi connectivity index (χ2v) is 11.8. The zero-order valence-corrected chi connectivity index (χ0v) is 14.3. The predicted molar refractivity (Wildman–Crippen MR) is 83.3 cm³/mol. The minimum absolute atomic E-state index is 0.299. The van der Waals surface area contributed by atoms with E-state index in [1.165, 1.54) is 19.2 Å². The molecule has 0 aliphatic carbocycles. The number of benzene rings is 1. The Morgan fingerprint density at radius 2 is 1.52 bits per heavy atom. The lowest BCUT2D eigenvalue weighted by molar-refractivity contribution is -0.0566. The van der Waals surface area contributed by atoms with E-state index in [0.29, 0.717) is 11.4 Å². The molecule has 0 saturated carbocycles. The molecular formula is C15H22F3NOSi. The van der Waals surface area contributed by atoms with Gasteiger partial charge in [-0.1, -0.05) is 33.9 Å². The van der Waals surface area contributed by atoms with Crippen molar-refractivity contribution in [1.82, 2.24) is 0 Å². The van der Waals surface area contributed by atoms with E-state index >= 15 is 0 Å². The van der Waals surface area contributed by atoms with Gasteiger partial charge in [0, 0.05) is 0 Å². The molecule has 0 heterocycles. The largest absolute Gasteiger partial charge is 0.497 e. The van der Waals surface area contributed by atoms with Crippen LogP contribution < -0.4 is 4.74 Å². The van der Waals surface area contributed by atoms with Crippen molar-refractivity contribution >= 4 is 19.1 Å². The van der Waals surface area contributed by atoms with Crippen molar-refractivity contribution in [2.24, 2.45) is 4.99 Å². The number of ether oxygens (including phenoxy) is 1. The summed E-state index contributed by atoms with van der Waals surface area (Å²) in [4.78, 5) is 3.94. The second-order valence-electron chi connectivity index (χ2n) is 6.53. The van der Waals surface area contributed by atoms with Crippen LogP contribution >= 0.6 is 0 Å². The molecule has 1 rings (SSSR count). The van der Waals surface area contributed by atoms with E-state index < -0.39 is 24.6 Å². The van der Waals surface area contributed by atoms with Crippen LogP contribution in [0.1, 0.15) is 20.8 Å². The fourth-order valence-electron chi connectivity index (χ4n) is 1.70. The molecule has 1 aromatic carbocycles. The molecule has 0 amide bonds. The fourth-order valence-corrected chi connectivity index (χ4v) is 3.53. The normalized spacial score (nSPS) is 14.2. The van der Waals surface area contributed by atoms with Gasteiger partial charge in [0.05, 0.1) is 12.8 Å². The topological polar surface area (TPSA) is 21.6 Å². The summed E-state index contributed by atoms with van der Waals surface area (Å²) in [6.45, 7) is 8.95. The average molecular weight is 317 g/mol. The summed E-state index contributed by atoms with van der Waals surface area (Å²) in [6, 6.07) is 6.30. The van der Waals surface area contributed by atoms with E-state index in [4.69, 9.17) is 4.74 Å². The quantitative estimate of drug-likeness (QED) is 0.542. The van der Waals surface area contributed by atoms with Gasteiger partial charge in [0.2, 0.25) is 0 Å². The molecule has 0 radical (unpaired) electrons. The molecule has 0 N–H and O–H groups in total. The number of hydrogen-bond donors (Lipinski definition) is 0. The molecule has 0 aromatic heterocycles. The zero-order chi connectivity index (χ0) is 16.5. The van der Waals surface area contributed by atoms with Crippen LogP contribution in [0, 0.1) is 0 Å². The van der Waals surface area contributed by atoms with Crippen molar-refractivity contribution in [3.05, 3.63) is 24.3 Å². The van der Waals surface area contributed by atoms with E-state index in [9.17, 15) is 13.2 Å². The maximum Gasteiger partial charge on any atom is 0.425 e. The zero-order valence-electron chi connectivity index (χ0n) is 13.3. The Kier molecular flexibility index (Phi) is 4.93. The van der Waals surface area contributed by atoms with Crippen LogP contribution in [0.4, 0.5) is 18.9 Å². The Morgan fingerprint density at radius 3 is 1.86 bits per heavy atom. The highest BCUT2D eigenvalue weighted by Crippen LogP contribution is 2.41. The lowest BCUT2D eigenvalue weighted by atomic mass is 10.2. The smallest absolute Gasteiger partial charge is 0.425 e. The summed E-state index contributed by atoms with van der Waals surface area (Å²) in [5.74, 6) is 0.592. The van der Waals surface area contributed by atoms with Crippen LogP contribution in [0.25, 0.3) is 0 Å². The fraction of sp³-hybridized carbons (Fsp3) is 0.533. The Balaban J connectivity index is 3.35. The highest BCUT2D eigenvalue weighted by molar-refractivity contribution is 7.07. The van der Waals surface area contributed by atoms with Crippen molar-refractivity contribution in [3.8, 4) is 5.75 Å². The Morgan fingerprint density at radius 1 is 1.05 bits per heavy atom. The molecule has 0 aliphatic rings. The molecule has 0 unspecified atom stereocenters. The average Bonchev–Trinajstić information content (AvgIpc) is 2.33. The standard InChI is InChI=1S/C15H22F3NOSi/c1-14(2,3)21(5,6)13(15(16,17)18)19-11-7-9-12(20-4)10-8-11/h7-10H,1-6H3.